The Hall–Kier alpha value is -1.98. The summed E-state index contributed by atoms with van der Waals surface area (Å²) in [5.41, 5.74) is 0.00138. The number of nitrogens with zero attached hydrogens (tertiary/aromatic N) is 3. The minimum absolute atomic E-state index is 0.0965. The number of likely N-dealkylation sites (N-methyl/N-ethyl adjacent to an activating group) is 1. The number of carbonyl (C=O) groups is 2. The largest absolute Gasteiger partial charge is 0.481 e. The van der Waals surface area contributed by atoms with Crippen molar-refractivity contribution in [3.8, 4) is 0 Å². The van der Waals surface area contributed by atoms with Gasteiger partial charge in [-0.3, -0.25) is 19.6 Å². The fraction of sp³-hybridized carbons (Fsp3) is 0.571. The predicted octanol–water partition coefficient (Wildman–Crippen LogP) is 1.12. The molecule has 0 aromatic carbocycles. The third-order valence-corrected chi connectivity index (χ3v) is 4.00. The van der Waals surface area contributed by atoms with E-state index in [4.69, 9.17) is 0 Å². The molecule has 6 nitrogen and oxygen atoms in total. The fourth-order valence-electron chi connectivity index (χ4n) is 2.36. The highest BCUT2D eigenvalue weighted by atomic mass is 16.4. The Bertz CT molecular complexity index is 486. The Morgan fingerprint density at radius 1 is 1.40 bits per heavy atom. The van der Waals surface area contributed by atoms with Crippen molar-refractivity contribution in [1.29, 1.82) is 0 Å². The van der Waals surface area contributed by atoms with E-state index in [1.54, 1.807) is 30.5 Å². The molecule has 0 atom stereocenters. The summed E-state index contributed by atoms with van der Waals surface area (Å²) in [5.74, 6) is -0.963. The van der Waals surface area contributed by atoms with Gasteiger partial charge in [0.1, 0.15) is 0 Å². The Kier molecular flexibility index (Phi) is 4.32. The smallest absolute Gasteiger partial charge is 0.310 e. The second kappa shape index (κ2) is 5.98. The topological polar surface area (TPSA) is 83.4 Å². The van der Waals surface area contributed by atoms with Crippen LogP contribution in [0.5, 0.6) is 0 Å². The Labute approximate surface area is 117 Å². The maximum absolute atomic E-state index is 12.1. The van der Waals surface area contributed by atoms with E-state index in [-0.39, 0.29) is 12.3 Å². The van der Waals surface area contributed by atoms with E-state index in [9.17, 15) is 14.7 Å². The fourth-order valence-corrected chi connectivity index (χ4v) is 2.36. The molecule has 0 bridgehead atoms. The minimum Gasteiger partial charge on any atom is -0.481 e. The molecule has 0 saturated heterocycles. The lowest BCUT2D eigenvalue weighted by Gasteiger charge is -2.38. The van der Waals surface area contributed by atoms with Crippen LogP contribution in [0.25, 0.3) is 0 Å². The Morgan fingerprint density at radius 3 is 2.65 bits per heavy atom. The van der Waals surface area contributed by atoms with Gasteiger partial charge in [-0.2, -0.15) is 0 Å². The van der Waals surface area contributed by atoms with Crippen molar-refractivity contribution in [3.63, 3.8) is 0 Å². The highest BCUT2D eigenvalue weighted by Gasteiger charge is 2.46. The van der Waals surface area contributed by atoms with E-state index in [1.807, 2.05) is 0 Å². The standard InChI is InChI=1S/C14H19N3O3/c1-17(8-3-11-10-15-6-7-16-11)12(18)9-14(13(19)20)4-2-5-14/h6-7,10H,2-5,8-9H2,1H3,(H,19,20). The van der Waals surface area contributed by atoms with Gasteiger partial charge in [0.05, 0.1) is 11.1 Å². The average Bonchev–Trinajstić information content (AvgIpc) is 2.40. The van der Waals surface area contributed by atoms with Crippen molar-refractivity contribution >= 4 is 11.9 Å². The predicted molar refractivity (Wildman–Crippen MR) is 71.9 cm³/mol. The summed E-state index contributed by atoms with van der Waals surface area (Å²) >= 11 is 0. The van der Waals surface area contributed by atoms with Gasteiger partial charge in [-0.15, -0.1) is 0 Å². The zero-order valence-electron chi connectivity index (χ0n) is 11.6. The molecule has 1 aliphatic rings. The first-order valence-corrected chi connectivity index (χ1v) is 6.76. The van der Waals surface area contributed by atoms with Gasteiger partial charge in [-0.05, 0) is 12.8 Å². The lowest BCUT2D eigenvalue weighted by Crippen LogP contribution is -2.43. The van der Waals surface area contributed by atoms with Gasteiger partial charge in [0.25, 0.3) is 0 Å². The molecule has 1 aromatic heterocycles. The van der Waals surface area contributed by atoms with Crippen LogP contribution in [0.3, 0.4) is 0 Å². The van der Waals surface area contributed by atoms with Gasteiger partial charge in [0.2, 0.25) is 5.91 Å². The molecule has 0 aliphatic heterocycles. The van der Waals surface area contributed by atoms with Gasteiger partial charge >= 0.3 is 5.97 Å². The second-order valence-electron chi connectivity index (χ2n) is 5.38. The van der Waals surface area contributed by atoms with Gasteiger partial charge in [-0.1, -0.05) is 6.42 Å². The molecule has 0 spiro atoms. The number of hydrogen-bond acceptors (Lipinski definition) is 4. The monoisotopic (exact) mass is 277 g/mol. The molecule has 1 aliphatic carbocycles. The highest BCUT2D eigenvalue weighted by molar-refractivity contribution is 5.85. The molecule has 1 fully saturated rings. The van der Waals surface area contributed by atoms with Crippen LogP contribution in [0.15, 0.2) is 18.6 Å². The van der Waals surface area contributed by atoms with Crippen molar-refractivity contribution < 1.29 is 14.7 Å². The van der Waals surface area contributed by atoms with Crippen LogP contribution in [0.4, 0.5) is 0 Å². The van der Waals surface area contributed by atoms with E-state index in [0.717, 1.165) is 12.1 Å². The molecular weight excluding hydrogens is 258 g/mol. The molecule has 1 aromatic rings. The maximum atomic E-state index is 12.1. The SMILES string of the molecule is CN(CCc1cnccn1)C(=O)CC1(C(=O)O)CCC1. The number of aliphatic carboxylic acids is 1. The third kappa shape index (κ3) is 3.12. The lowest BCUT2D eigenvalue weighted by molar-refractivity contribution is -0.159. The van der Waals surface area contributed by atoms with E-state index >= 15 is 0 Å². The molecule has 0 unspecified atom stereocenters. The van der Waals surface area contributed by atoms with Crippen molar-refractivity contribution in [2.24, 2.45) is 5.41 Å². The third-order valence-electron chi connectivity index (χ3n) is 4.00. The molecule has 1 saturated carbocycles. The lowest BCUT2D eigenvalue weighted by atomic mass is 9.66. The van der Waals surface area contributed by atoms with Gasteiger partial charge in [-0.25, -0.2) is 0 Å². The number of rotatable bonds is 6. The minimum atomic E-state index is -0.848. The summed E-state index contributed by atoms with van der Waals surface area (Å²) < 4.78 is 0. The highest BCUT2D eigenvalue weighted by Crippen LogP contribution is 2.44. The van der Waals surface area contributed by atoms with Crippen molar-refractivity contribution in [3.05, 3.63) is 24.3 Å². The number of carboxylic acid groups (broad SMARTS) is 1. The first-order valence-electron chi connectivity index (χ1n) is 6.76. The zero-order valence-corrected chi connectivity index (χ0v) is 11.6. The second-order valence-corrected chi connectivity index (χ2v) is 5.38. The van der Waals surface area contributed by atoms with Crippen LogP contribution in [0.1, 0.15) is 31.4 Å². The summed E-state index contributed by atoms with van der Waals surface area (Å²) in [7, 11) is 1.70. The molecule has 1 amide bonds. The Morgan fingerprint density at radius 2 is 2.15 bits per heavy atom. The number of aromatic nitrogens is 2. The van der Waals surface area contributed by atoms with Crippen LogP contribution in [0, 0.1) is 5.41 Å². The van der Waals surface area contributed by atoms with Crippen LogP contribution in [-0.2, 0) is 16.0 Å². The molecule has 0 radical (unpaired) electrons. The van der Waals surface area contributed by atoms with Gasteiger partial charge < -0.3 is 10.0 Å². The molecule has 20 heavy (non-hydrogen) atoms. The zero-order chi connectivity index (χ0) is 14.6. The summed E-state index contributed by atoms with van der Waals surface area (Å²) in [6.45, 7) is 0.521. The van der Waals surface area contributed by atoms with Crippen molar-refractivity contribution in [1.82, 2.24) is 14.9 Å². The van der Waals surface area contributed by atoms with Crippen LogP contribution in [0.2, 0.25) is 0 Å². The number of amides is 1. The molecular formula is C14H19N3O3. The molecule has 108 valence electrons. The molecule has 6 heteroatoms. The average molecular weight is 277 g/mol. The summed E-state index contributed by atoms with van der Waals surface area (Å²) in [5, 5.41) is 9.23. The molecule has 1 N–H and O–H groups in total. The van der Waals surface area contributed by atoms with Crippen molar-refractivity contribution in [2.75, 3.05) is 13.6 Å². The molecule has 2 rings (SSSR count). The number of carbonyl (C=O) groups excluding carboxylic acids is 1. The van der Waals surface area contributed by atoms with Crippen molar-refractivity contribution in [2.45, 2.75) is 32.1 Å². The summed E-state index contributed by atoms with van der Waals surface area (Å²) in [4.78, 5) is 33.1. The maximum Gasteiger partial charge on any atom is 0.310 e. The number of hydrogen-bond donors (Lipinski definition) is 1. The summed E-state index contributed by atoms with van der Waals surface area (Å²) in [6, 6.07) is 0. The molecule has 1 heterocycles. The van der Waals surface area contributed by atoms with Crippen LogP contribution < -0.4 is 0 Å². The van der Waals surface area contributed by atoms with E-state index in [0.29, 0.717) is 25.8 Å². The van der Waals surface area contributed by atoms with E-state index in [1.165, 1.54) is 0 Å². The first-order chi connectivity index (χ1) is 9.53. The Balaban J connectivity index is 1.84. The first kappa shape index (κ1) is 14.4. The van der Waals surface area contributed by atoms with E-state index < -0.39 is 11.4 Å². The summed E-state index contributed by atoms with van der Waals surface area (Å²) in [6.07, 6.45) is 7.70. The van der Waals surface area contributed by atoms with Gasteiger partial charge in [0.15, 0.2) is 0 Å². The van der Waals surface area contributed by atoms with Crippen LogP contribution >= 0.6 is 0 Å². The van der Waals surface area contributed by atoms with Crippen LogP contribution in [-0.4, -0.2) is 45.4 Å². The van der Waals surface area contributed by atoms with Gasteiger partial charge in [0, 0.05) is 45.0 Å². The quantitative estimate of drug-likeness (QED) is 0.842. The van der Waals surface area contributed by atoms with E-state index in [2.05, 4.69) is 9.97 Å². The number of carboxylic acids is 1. The normalized spacial score (nSPS) is 16.2.